The zero-order valence-corrected chi connectivity index (χ0v) is 9.53. The Kier molecular flexibility index (Phi) is 3.92. The summed E-state index contributed by atoms with van der Waals surface area (Å²) < 4.78 is 11.7. The second-order valence-electron chi connectivity index (χ2n) is 4.68. The molecule has 1 unspecified atom stereocenters. The van der Waals surface area contributed by atoms with Crippen molar-refractivity contribution in [2.24, 2.45) is 17.1 Å². The molecule has 0 spiro atoms. The van der Waals surface area contributed by atoms with Gasteiger partial charge in [0, 0.05) is 22.3 Å². The van der Waals surface area contributed by atoms with Gasteiger partial charge >= 0.3 is 0 Å². The summed E-state index contributed by atoms with van der Waals surface area (Å²) in [4.78, 5) is 0. The fourth-order valence-corrected chi connectivity index (χ4v) is 3.70. The van der Waals surface area contributed by atoms with Gasteiger partial charge in [0.15, 0.2) is 0 Å². The number of rotatable bonds is 6. The third-order valence-corrected chi connectivity index (χ3v) is 4.59. The molecule has 1 aliphatic rings. The number of hydrogen-bond donors (Lipinski definition) is 1. The highest BCUT2D eigenvalue weighted by Crippen LogP contribution is 2.49. The van der Waals surface area contributed by atoms with Gasteiger partial charge in [-0.1, -0.05) is 13.8 Å². The SMILES string of the molecule is CC(C)CS(=O)CC1(CCN)CC1. The molecule has 0 bridgehead atoms. The summed E-state index contributed by atoms with van der Waals surface area (Å²) in [6, 6.07) is 0. The van der Waals surface area contributed by atoms with Crippen molar-refractivity contribution in [1.82, 2.24) is 0 Å². The van der Waals surface area contributed by atoms with Crippen LogP contribution in [0.4, 0.5) is 0 Å². The summed E-state index contributed by atoms with van der Waals surface area (Å²) in [5.41, 5.74) is 5.92. The van der Waals surface area contributed by atoms with Crippen molar-refractivity contribution in [1.29, 1.82) is 0 Å². The average molecular weight is 203 g/mol. The molecule has 1 fully saturated rings. The fraction of sp³-hybridized carbons (Fsp3) is 1.00. The van der Waals surface area contributed by atoms with E-state index >= 15 is 0 Å². The molecule has 0 aromatic rings. The summed E-state index contributed by atoms with van der Waals surface area (Å²) in [5.74, 6) is 2.30. The Morgan fingerprint density at radius 1 is 1.46 bits per heavy atom. The molecule has 1 atom stereocenters. The van der Waals surface area contributed by atoms with E-state index in [0.717, 1.165) is 24.5 Å². The van der Waals surface area contributed by atoms with Crippen molar-refractivity contribution in [2.45, 2.75) is 33.1 Å². The first-order valence-electron chi connectivity index (χ1n) is 5.13. The highest BCUT2D eigenvalue weighted by Gasteiger charge is 2.42. The van der Waals surface area contributed by atoms with Crippen LogP contribution in [0.15, 0.2) is 0 Å². The van der Waals surface area contributed by atoms with Crippen LogP contribution < -0.4 is 5.73 Å². The Balaban J connectivity index is 2.27. The molecule has 0 amide bonds. The Bertz CT molecular complexity index is 187. The minimum Gasteiger partial charge on any atom is -0.330 e. The van der Waals surface area contributed by atoms with E-state index in [1.165, 1.54) is 12.8 Å². The average Bonchev–Trinajstić information content (AvgIpc) is 2.67. The third-order valence-electron chi connectivity index (χ3n) is 2.62. The van der Waals surface area contributed by atoms with Gasteiger partial charge in [-0.05, 0) is 37.1 Å². The first-order chi connectivity index (χ1) is 6.08. The van der Waals surface area contributed by atoms with Gasteiger partial charge in [0.2, 0.25) is 0 Å². The molecule has 3 heteroatoms. The van der Waals surface area contributed by atoms with E-state index in [-0.39, 0.29) is 0 Å². The van der Waals surface area contributed by atoms with E-state index in [1.54, 1.807) is 0 Å². The van der Waals surface area contributed by atoms with Crippen LogP contribution in [-0.2, 0) is 10.8 Å². The lowest BCUT2D eigenvalue weighted by molar-refractivity contribution is 0.527. The molecule has 0 saturated heterocycles. The molecule has 0 heterocycles. The molecule has 2 nitrogen and oxygen atoms in total. The van der Waals surface area contributed by atoms with Crippen LogP contribution in [0, 0.1) is 11.3 Å². The third kappa shape index (κ3) is 3.77. The number of hydrogen-bond acceptors (Lipinski definition) is 2. The Morgan fingerprint density at radius 3 is 2.46 bits per heavy atom. The van der Waals surface area contributed by atoms with Crippen LogP contribution in [-0.4, -0.2) is 22.3 Å². The molecule has 13 heavy (non-hydrogen) atoms. The summed E-state index contributed by atoms with van der Waals surface area (Å²) in [6.07, 6.45) is 3.55. The standard InChI is InChI=1S/C10H21NOS/c1-9(2)7-13(12)8-10(3-4-10)5-6-11/h9H,3-8,11H2,1-2H3. The Morgan fingerprint density at radius 2 is 2.08 bits per heavy atom. The first kappa shape index (κ1) is 11.2. The van der Waals surface area contributed by atoms with E-state index in [1.807, 2.05) is 0 Å². The molecule has 1 aliphatic carbocycles. The van der Waals surface area contributed by atoms with Gasteiger partial charge in [-0.15, -0.1) is 0 Å². The van der Waals surface area contributed by atoms with Crippen LogP contribution >= 0.6 is 0 Å². The van der Waals surface area contributed by atoms with Crippen molar-refractivity contribution in [3.8, 4) is 0 Å². The maximum Gasteiger partial charge on any atom is 0.0292 e. The van der Waals surface area contributed by atoms with Crippen molar-refractivity contribution < 1.29 is 4.21 Å². The summed E-state index contributed by atoms with van der Waals surface area (Å²) in [7, 11) is -0.614. The number of nitrogens with two attached hydrogens (primary N) is 1. The molecule has 0 aromatic heterocycles. The second-order valence-corrected chi connectivity index (χ2v) is 6.19. The van der Waals surface area contributed by atoms with Gasteiger partial charge < -0.3 is 5.73 Å². The Labute approximate surface area is 83.7 Å². The fourth-order valence-electron chi connectivity index (χ4n) is 1.72. The van der Waals surface area contributed by atoms with E-state index in [2.05, 4.69) is 13.8 Å². The van der Waals surface area contributed by atoms with Crippen molar-refractivity contribution in [3.05, 3.63) is 0 Å². The monoisotopic (exact) mass is 203 g/mol. The normalized spacial score (nSPS) is 21.8. The smallest absolute Gasteiger partial charge is 0.0292 e. The molecular formula is C10H21NOS. The van der Waals surface area contributed by atoms with E-state index < -0.39 is 10.8 Å². The minimum atomic E-state index is -0.614. The minimum absolute atomic E-state index is 0.383. The molecule has 0 radical (unpaired) electrons. The van der Waals surface area contributed by atoms with E-state index in [0.29, 0.717) is 11.3 Å². The zero-order valence-electron chi connectivity index (χ0n) is 8.71. The molecule has 0 aliphatic heterocycles. The van der Waals surface area contributed by atoms with Gasteiger partial charge in [0.25, 0.3) is 0 Å². The molecule has 0 aromatic carbocycles. The van der Waals surface area contributed by atoms with E-state index in [4.69, 9.17) is 5.73 Å². The summed E-state index contributed by atoms with van der Waals surface area (Å²) >= 11 is 0. The lowest BCUT2D eigenvalue weighted by Gasteiger charge is -2.13. The quantitative estimate of drug-likeness (QED) is 0.711. The predicted octanol–water partition coefficient (Wildman–Crippen LogP) is 1.52. The lowest BCUT2D eigenvalue weighted by atomic mass is 10.1. The highest BCUT2D eigenvalue weighted by atomic mass is 32.2. The van der Waals surface area contributed by atoms with Gasteiger partial charge in [-0.2, -0.15) is 0 Å². The lowest BCUT2D eigenvalue weighted by Crippen LogP contribution is -2.19. The molecule has 78 valence electrons. The van der Waals surface area contributed by atoms with Gasteiger partial charge in [-0.3, -0.25) is 4.21 Å². The van der Waals surface area contributed by atoms with Crippen molar-refractivity contribution in [2.75, 3.05) is 18.1 Å². The molecular weight excluding hydrogens is 182 g/mol. The second kappa shape index (κ2) is 4.56. The highest BCUT2D eigenvalue weighted by molar-refractivity contribution is 7.85. The van der Waals surface area contributed by atoms with E-state index in [9.17, 15) is 4.21 Å². The zero-order chi connectivity index (χ0) is 9.90. The predicted molar refractivity (Wildman–Crippen MR) is 58.1 cm³/mol. The van der Waals surface area contributed by atoms with Gasteiger partial charge in [-0.25, -0.2) is 0 Å². The summed E-state index contributed by atoms with van der Waals surface area (Å²) in [6.45, 7) is 5.00. The van der Waals surface area contributed by atoms with Gasteiger partial charge in [0.05, 0.1) is 0 Å². The van der Waals surface area contributed by atoms with Crippen LogP contribution in [0.2, 0.25) is 0 Å². The molecule has 1 rings (SSSR count). The van der Waals surface area contributed by atoms with Crippen LogP contribution in [0.25, 0.3) is 0 Å². The van der Waals surface area contributed by atoms with Crippen LogP contribution in [0.1, 0.15) is 33.1 Å². The molecule has 1 saturated carbocycles. The summed E-state index contributed by atoms with van der Waals surface area (Å²) in [5, 5.41) is 0. The topological polar surface area (TPSA) is 43.1 Å². The van der Waals surface area contributed by atoms with Crippen LogP contribution in [0.3, 0.4) is 0 Å². The van der Waals surface area contributed by atoms with Crippen molar-refractivity contribution >= 4 is 10.8 Å². The first-order valence-corrected chi connectivity index (χ1v) is 6.62. The van der Waals surface area contributed by atoms with Crippen LogP contribution in [0.5, 0.6) is 0 Å². The largest absolute Gasteiger partial charge is 0.330 e. The van der Waals surface area contributed by atoms with Crippen molar-refractivity contribution in [3.63, 3.8) is 0 Å². The van der Waals surface area contributed by atoms with Gasteiger partial charge in [0.1, 0.15) is 0 Å². The molecule has 2 N–H and O–H groups in total. The Hall–Kier alpha value is 0.110. The maximum atomic E-state index is 11.7. The maximum absolute atomic E-state index is 11.7.